The fourth-order valence-electron chi connectivity index (χ4n) is 3.51. The van der Waals surface area contributed by atoms with E-state index in [1.54, 1.807) is 18.2 Å². The topological polar surface area (TPSA) is 46.6 Å². The molecule has 1 heterocycles. The van der Waals surface area contributed by atoms with Crippen molar-refractivity contribution >= 4 is 60.8 Å². The van der Waals surface area contributed by atoms with Gasteiger partial charge in [-0.25, -0.2) is 4.39 Å². The molecular weight excluding hydrogens is 585 g/mol. The maximum Gasteiger partial charge on any atom is 0.293 e. The van der Waals surface area contributed by atoms with Crippen LogP contribution in [0.4, 0.5) is 9.18 Å². The molecule has 0 radical (unpaired) electrons. The number of carbonyl (C=O) groups is 2. The molecule has 0 atom stereocenters. The van der Waals surface area contributed by atoms with Crippen molar-refractivity contribution in [2.24, 2.45) is 0 Å². The minimum atomic E-state index is -0.316. The van der Waals surface area contributed by atoms with E-state index in [2.05, 4.69) is 31.9 Å². The third-order valence-electron chi connectivity index (χ3n) is 5.15. The summed E-state index contributed by atoms with van der Waals surface area (Å²) in [5, 5.41) is -0.252. The molecule has 1 aliphatic heterocycles. The minimum absolute atomic E-state index is 0.205. The lowest BCUT2D eigenvalue weighted by Gasteiger charge is -2.12. The van der Waals surface area contributed by atoms with E-state index < -0.39 is 0 Å². The highest BCUT2D eigenvalue weighted by Gasteiger charge is 2.34. The Hall–Kier alpha value is -2.42. The maximum atomic E-state index is 13.4. The Morgan fingerprint density at radius 2 is 1.65 bits per heavy atom. The van der Waals surface area contributed by atoms with Gasteiger partial charge in [0.2, 0.25) is 0 Å². The zero-order chi connectivity index (χ0) is 24.1. The van der Waals surface area contributed by atoms with Crippen LogP contribution in [0.25, 0.3) is 6.08 Å². The maximum absolute atomic E-state index is 13.4. The number of hydrogen-bond acceptors (Lipinski definition) is 4. The van der Waals surface area contributed by atoms with Gasteiger partial charge in [-0.1, -0.05) is 42.5 Å². The molecule has 0 saturated carbocycles. The average molecular weight is 605 g/mol. The van der Waals surface area contributed by atoms with Crippen LogP contribution in [-0.4, -0.2) is 22.6 Å². The molecule has 1 saturated heterocycles. The van der Waals surface area contributed by atoms with E-state index in [1.807, 2.05) is 42.5 Å². The first kappa shape index (κ1) is 24.7. The summed E-state index contributed by atoms with van der Waals surface area (Å²) >= 11 is 7.96. The molecule has 4 rings (SSSR count). The Labute approximate surface area is 218 Å². The van der Waals surface area contributed by atoms with Crippen LogP contribution < -0.4 is 4.74 Å². The summed E-state index contributed by atoms with van der Waals surface area (Å²) in [5.41, 5.74) is 2.63. The van der Waals surface area contributed by atoms with Crippen LogP contribution in [0.5, 0.6) is 5.75 Å². The Morgan fingerprint density at radius 3 is 2.35 bits per heavy atom. The van der Waals surface area contributed by atoms with E-state index in [-0.39, 0.29) is 23.6 Å². The first-order valence-corrected chi connectivity index (χ1v) is 13.0. The Kier molecular flexibility index (Phi) is 8.24. The Balaban J connectivity index is 1.41. The number of rotatable bonds is 8. The van der Waals surface area contributed by atoms with Gasteiger partial charge in [-0.2, -0.15) is 0 Å². The number of thioether (sulfide) groups is 1. The van der Waals surface area contributed by atoms with Crippen LogP contribution in [0.15, 0.2) is 80.6 Å². The third-order valence-corrected chi connectivity index (χ3v) is 7.24. The molecule has 0 bridgehead atoms. The van der Waals surface area contributed by atoms with Crippen LogP contribution in [0.2, 0.25) is 0 Å². The number of imide groups is 1. The van der Waals surface area contributed by atoms with Crippen LogP contribution in [0.3, 0.4) is 0 Å². The van der Waals surface area contributed by atoms with Gasteiger partial charge in [0, 0.05) is 6.54 Å². The molecule has 3 aromatic rings. The molecule has 174 valence electrons. The standard InChI is InChI=1S/C26H20Br2FNO3S/c27-21-13-19(14-22(28)24(21)33-16-18-8-4-10-20(29)12-18)15-23-25(31)30(26(32)34-23)11-5-9-17-6-2-1-3-7-17/h1-4,6-8,10,12-15H,5,9,11,16H2/b23-15+. The van der Waals surface area contributed by atoms with Gasteiger partial charge >= 0.3 is 0 Å². The van der Waals surface area contributed by atoms with Crippen LogP contribution in [0.1, 0.15) is 23.1 Å². The van der Waals surface area contributed by atoms with Gasteiger partial charge in [-0.15, -0.1) is 0 Å². The van der Waals surface area contributed by atoms with Crippen molar-refractivity contribution in [3.63, 3.8) is 0 Å². The van der Waals surface area contributed by atoms with E-state index in [1.165, 1.54) is 22.6 Å². The second kappa shape index (κ2) is 11.3. The van der Waals surface area contributed by atoms with Crippen molar-refractivity contribution in [1.29, 1.82) is 0 Å². The van der Waals surface area contributed by atoms with Gasteiger partial charge in [0.25, 0.3) is 11.1 Å². The number of carbonyl (C=O) groups excluding carboxylic acids is 2. The summed E-state index contributed by atoms with van der Waals surface area (Å²) < 4.78 is 20.6. The average Bonchev–Trinajstić information content (AvgIpc) is 3.06. The van der Waals surface area contributed by atoms with Gasteiger partial charge < -0.3 is 4.74 Å². The number of amides is 2. The molecule has 4 nitrogen and oxygen atoms in total. The monoisotopic (exact) mass is 603 g/mol. The largest absolute Gasteiger partial charge is 0.487 e. The molecule has 0 unspecified atom stereocenters. The van der Waals surface area contributed by atoms with Crippen molar-refractivity contribution in [2.75, 3.05) is 6.54 Å². The number of ether oxygens (including phenoxy) is 1. The summed E-state index contributed by atoms with van der Waals surface area (Å²) in [7, 11) is 0. The molecular formula is C26H20Br2FNO3S. The van der Waals surface area contributed by atoms with Crippen molar-refractivity contribution in [3.05, 3.63) is 103 Å². The fourth-order valence-corrected chi connectivity index (χ4v) is 5.83. The van der Waals surface area contributed by atoms with E-state index in [9.17, 15) is 14.0 Å². The highest BCUT2D eigenvalue weighted by molar-refractivity contribution is 9.11. The summed E-state index contributed by atoms with van der Waals surface area (Å²) in [4.78, 5) is 26.9. The SMILES string of the molecule is O=C1S/C(=C/c2cc(Br)c(OCc3cccc(F)c3)c(Br)c2)C(=O)N1CCCc1ccccc1. The summed E-state index contributed by atoms with van der Waals surface area (Å²) in [5.74, 6) is -0.0271. The number of hydrogen-bond donors (Lipinski definition) is 0. The quantitative estimate of drug-likeness (QED) is 0.248. The summed E-state index contributed by atoms with van der Waals surface area (Å²) in [6, 6.07) is 19.9. The molecule has 0 N–H and O–H groups in total. The number of benzene rings is 3. The summed E-state index contributed by atoms with van der Waals surface area (Å²) in [6.45, 7) is 0.591. The second-order valence-electron chi connectivity index (χ2n) is 7.65. The van der Waals surface area contributed by atoms with Crippen LogP contribution in [-0.2, 0) is 17.8 Å². The normalized spacial score (nSPS) is 14.8. The lowest BCUT2D eigenvalue weighted by atomic mass is 10.1. The van der Waals surface area contributed by atoms with Crippen molar-refractivity contribution in [2.45, 2.75) is 19.4 Å². The molecule has 1 fully saturated rings. The molecule has 34 heavy (non-hydrogen) atoms. The van der Waals surface area contributed by atoms with Gasteiger partial charge in [0.05, 0.1) is 13.9 Å². The lowest BCUT2D eigenvalue weighted by Crippen LogP contribution is -2.29. The molecule has 8 heteroatoms. The molecule has 0 aliphatic carbocycles. The smallest absolute Gasteiger partial charge is 0.293 e. The number of aryl methyl sites for hydroxylation is 1. The predicted octanol–water partition coefficient (Wildman–Crippen LogP) is 7.60. The van der Waals surface area contributed by atoms with Gasteiger partial charge in [-0.3, -0.25) is 14.5 Å². The van der Waals surface area contributed by atoms with Crippen molar-refractivity contribution in [1.82, 2.24) is 4.90 Å². The van der Waals surface area contributed by atoms with Crippen LogP contribution in [0, 0.1) is 5.82 Å². The zero-order valence-corrected chi connectivity index (χ0v) is 22.0. The Morgan fingerprint density at radius 1 is 0.941 bits per heavy atom. The second-order valence-corrected chi connectivity index (χ2v) is 10.4. The van der Waals surface area contributed by atoms with Crippen molar-refractivity contribution < 1.29 is 18.7 Å². The molecule has 1 aliphatic rings. The summed E-state index contributed by atoms with van der Waals surface area (Å²) in [6.07, 6.45) is 3.22. The molecule has 2 amide bonds. The molecule has 0 aromatic heterocycles. The van der Waals surface area contributed by atoms with E-state index in [0.717, 1.165) is 23.7 Å². The molecule has 3 aromatic carbocycles. The molecule has 0 spiro atoms. The lowest BCUT2D eigenvalue weighted by molar-refractivity contribution is -0.122. The van der Waals surface area contributed by atoms with Gasteiger partial charge in [0.15, 0.2) is 0 Å². The highest BCUT2D eigenvalue weighted by atomic mass is 79.9. The van der Waals surface area contributed by atoms with E-state index >= 15 is 0 Å². The predicted molar refractivity (Wildman–Crippen MR) is 140 cm³/mol. The minimum Gasteiger partial charge on any atom is -0.487 e. The first-order chi connectivity index (χ1) is 16.4. The fraction of sp³-hybridized carbons (Fsp3) is 0.154. The van der Waals surface area contributed by atoms with Gasteiger partial charge in [-0.05, 0) is 103 Å². The van der Waals surface area contributed by atoms with Gasteiger partial charge in [0.1, 0.15) is 18.2 Å². The number of halogens is 3. The highest BCUT2D eigenvalue weighted by Crippen LogP contribution is 2.38. The number of nitrogens with zero attached hydrogens (tertiary/aromatic N) is 1. The van der Waals surface area contributed by atoms with E-state index in [0.29, 0.717) is 38.1 Å². The Bertz CT molecular complexity index is 1230. The third kappa shape index (κ3) is 6.17. The zero-order valence-electron chi connectivity index (χ0n) is 18.0. The first-order valence-electron chi connectivity index (χ1n) is 10.6. The van der Waals surface area contributed by atoms with Crippen molar-refractivity contribution in [3.8, 4) is 5.75 Å². The van der Waals surface area contributed by atoms with Crippen LogP contribution >= 0.6 is 43.6 Å². The van der Waals surface area contributed by atoms with E-state index in [4.69, 9.17) is 4.74 Å².